The molecule has 9 heteroatoms. The Morgan fingerprint density at radius 3 is 2.11 bits per heavy atom. The monoisotopic (exact) mass is 545 g/mol. The maximum Gasteiger partial charge on any atom is 0.251 e. The molecule has 202 valence electrons. The Kier molecular flexibility index (Phi) is 9.93. The van der Waals surface area contributed by atoms with Crippen molar-refractivity contribution in [2.75, 3.05) is 5.75 Å². The van der Waals surface area contributed by atoms with E-state index in [-0.39, 0.29) is 23.8 Å². The summed E-state index contributed by atoms with van der Waals surface area (Å²) in [5.74, 6) is 1.20. The Balaban J connectivity index is 1.43. The number of aromatic nitrogens is 3. The van der Waals surface area contributed by atoms with Gasteiger partial charge >= 0.3 is 0 Å². The summed E-state index contributed by atoms with van der Waals surface area (Å²) in [5, 5.41) is 13.2. The van der Waals surface area contributed by atoms with Crippen LogP contribution in [0.4, 0.5) is 0 Å². The maximum atomic E-state index is 13.6. The standard InChI is InChI=1S/C28H40ClN5O2S/c1-19(2)25(30-27(36)20-14-16-21(29)17-15-20)26-31-32-28(33(26)3)37-18-24(35)34(22-10-6-4-7-11-22)23-12-8-5-9-13-23/h14-17,19,22-23,25H,4-13,18H2,1-3H3,(H,30,36)/t25-/m0/s1. The van der Waals surface area contributed by atoms with E-state index in [1.807, 2.05) is 25.5 Å². The van der Waals surface area contributed by atoms with E-state index in [4.69, 9.17) is 11.6 Å². The highest BCUT2D eigenvalue weighted by atomic mass is 35.5. The molecular formula is C28H40ClN5O2S. The molecule has 0 saturated heterocycles. The van der Waals surface area contributed by atoms with Crippen LogP contribution in [0, 0.1) is 5.92 Å². The highest BCUT2D eigenvalue weighted by Gasteiger charge is 2.33. The van der Waals surface area contributed by atoms with Crippen LogP contribution in [0.1, 0.15) is 100 Å². The third-order valence-electron chi connectivity index (χ3n) is 7.76. The van der Waals surface area contributed by atoms with Crippen LogP contribution in [0.2, 0.25) is 5.02 Å². The van der Waals surface area contributed by atoms with E-state index in [0.717, 1.165) is 25.7 Å². The van der Waals surface area contributed by atoms with Gasteiger partial charge in [0.05, 0.1) is 11.8 Å². The van der Waals surface area contributed by atoms with Gasteiger partial charge in [0.2, 0.25) is 5.91 Å². The van der Waals surface area contributed by atoms with E-state index in [9.17, 15) is 9.59 Å². The van der Waals surface area contributed by atoms with Gasteiger partial charge in [-0.05, 0) is 55.9 Å². The van der Waals surface area contributed by atoms with Crippen LogP contribution >= 0.6 is 23.4 Å². The largest absolute Gasteiger partial charge is 0.342 e. The van der Waals surface area contributed by atoms with Crippen molar-refractivity contribution < 1.29 is 9.59 Å². The van der Waals surface area contributed by atoms with Gasteiger partial charge in [0.1, 0.15) is 0 Å². The lowest BCUT2D eigenvalue weighted by Crippen LogP contribution is -2.49. The highest BCUT2D eigenvalue weighted by Crippen LogP contribution is 2.32. The molecule has 1 atom stereocenters. The second-order valence-corrected chi connectivity index (χ2v) is 12.2. The molecule has 1 heterocycles. The van der Waals surface area contributed by atoms with Crippen LogP contribution in [0.5, 0.6) is 0 Å². The average molecular weight is 546 g/mol. The minimum absolute atomic E-state index is 0.103. The number of halogens is 1. The van der Waals surface area contributed by atoms with Crippen molar-refractivity contribution in [3.8, 4) is 0 Å². The average Bonchev–Trinajstić information content (AvgIpc) is 3.27. The van der Waals surface area contributed by atoms with Crippen LogP contribution in [-0.4, -0.2) is 49.3 Å². The van der Waals surface area contributed by atoms with Crippen molar-refractivity contribution in [1.29, 1.82) is 0 Å². The quantitative estimate of drug-likeness (QED) is 0.380. The normalized spacial score (nSPS) is 18.1. The molecule has 0 bridgehead atoms. The molecule has 2 aliphatic carbocycles. The third-order valence-corrected chi connectivity index (χ3v) is 9.01. The minimum Gasteiger partial charge on any atom is -0.342 e. The molecule has 2 saturated carbocycles. The molecular weight excluding hydrogens is 506 g/mol. The summed E-state index contributed by atoms with van der Waals surface area (Å²) in [4.78, 5) is 28.7. The Hall–Kier alpha value is -2.06. The van der Waals surface area contributed by atoms with Gasteiger partial charge in [-0.1, -0.05) is 75.7 Å². The van der Waals surface area contributed by atoms with E-state index >= 15 is 0 Å². The van der Waals surface area contributed by atoms with Gasteiger partial charge in [-0.25, -0.2) is 0 Å². The van der Waals surface area contributed by atoms with Gasteiger partial charge in [-0.15, -0.1) is 10.2 Å². The molecule has 1 aromatic heterocycles. The molecule has 1 aromatic carbocycles. The second-order valence-electron chi connectivity index (χ2n) is 10.8. The van der Waals surface area contributed by atoms with Crippen LogP contribution in [0.15, 0.2) is 29.4 Å². The first kappa shape index (κ1) is 28.0. The maximum absolute atomic E-state index is 13.6. The lowest BCUT2D eigenvalue weighted by Gasteiger charge is -2.41. The molecule has 0 aliphatic heterocycles. The zero-order valence-electron chi connectivity index (χ0n) is 22.3. The number of thioether (sulfide) groups is 1. The fourth-order valence-electron chi connectivity index (χ4n) is 5.70. The number of nitrogens with zero attached hydrogens (tertiary/aromatic N) is 4. The highest BCUT2D eigenvalue weighted by molar-refractivity contribution is 7.99. The number of hydrogen-bond donors (Lipinski definition) is 1. The van der Waals surface area contributed by atoms with Gasteiger partial charge in [-0.3, -0.25) is 9.59 Å². The fourth-order valence-corrected chi connectivity index (χ4v) is 6.62. The Morgan fingerprint density at radius 1 is 1.00 bits per heavy atom. The summed E-state index contributed by atoms with van der Waals surface area (Å²) >= 11 is 7.42. The summed E-state index contributed by atoms with van der Waals surface area (Å²) in [6.45, 7) is 4.09. The van der Waals surface area contributed by atoms with Crippen LogP contribution in [-0.2, 0) is 11.8 Å². The number of carbonyl (C=O) groups is 2. The van der Waals surface area contributed by atoms with E-state index in [1.165, 1.54) is 50.3 Å². The Bertz CT molecular complexity index is 1030. The molecule has 7 nitrogen and oxygen atoms in total. The lowest BCUT2D eigenvalue weighted by molar-refractivity contribution is -0.135. The van der Waals surface area contributed by atoms with Crippen LogP contribution in [0.3, 0.4) is 0 Å². The van der Waals surface area contributed by atoms with E-state index in [1.54, 1.807) is 24.3 Å². The molecule has 0 unspecified atom stereocenters. The molecule has 2 fully saturated rings. The van der Waals surface area contributed by atoms with Gasteiger partial charge in [0.15, 0.2) is 11.0 Å². The summed E-state index contributed by atoms with van der Waals surface area (Å²) in [7, 11) is 1.91. The van der Waals surface area contributed by atoms with Crippen molar-refractivity contribution in [3.05, 3.63) is 40.7 Å². The zero-order chi connectivity index (χ0) is 26.4. The Morgan fingerprint density at radius 2 is 1.57 bits per heavy atom. The summed E-state index contributed by atoms with van der Waals surface area (Å²) in [6.07, 6.45) is 12.0. The van der Waals surface area contributed by atoms with E-state index in [2.05, 4.69) is 20.4 Å². The van der Waals surface area contributed by atoms with Gasteiger partial charge in [0, 0.05) is 29.7 Å². The first-order valence-electron chi connectivity index (χ1n) is 13.7. The summed E-state index contributed by atoms with van der Waals surface area (Å²) in [6, 6.07) is 7.29. The first-order valence-corrected chi connectivity index (χ1v) is 15.1. The predicted octanol–water partition coefficient (Wildman–Crippen LogP) is 6.18. The SMILES string of the molecule is CC(C)[C@H](NC(=O)c1ccc(Cl)cc1)c1nnc(SCC(=O)N(C2CCCCC2)C2CCCCC2)n1C. The van der Waals surface area contributed by atoms with Gasteiger partial charge in [0.25, 0.3) is 5.91 Å². The molecule has 2 amide bonds. The molecule has 37 heavy (non-hydrogen) atoms. The number of benzene rings is 1. The van der Waals surface area contributed by atoms with Crippen molar-refractivity contribution in [2.45, 2.75) is 101 Å². The third kappa shape index (κ3) is 7.08. The summed E-state index contributed by atoms with van der Waals surface area (Å²) < 4.78 is 1.91. The number of hydrogen-bond acceptors (Lipinski definition) is 5. The van der Waals surface area contributed by atoms with Crippen molar-refractivity contribution in [2.24, 2.45) is 13.0 Å². The van der Waals surface area contributed by atoms with Gasteiger partial charge < -0.3 is 14.8 Å². The van der Waals surface area contributed by atoms with Crippen LogP contribution < -0.4 is 5.32 Å². The molecule has 0 spiro atoms. The lowest BCUT2D eigenvalue weighted by atomic mass is 9.88. The second kappa shape index (κ2) is 13.1. The first-order chi connectivity index (χ1) is 17.8. The van der Waals surface area contributed by atoms with Crippen molar-refractivity contribution in [3.63, 3.8) is 0 Å². The van der Waals surface area contributed by atoms with Crippen molar-refractivity contribution in [1.82, 2.24) is 25.0 Å². The fraction of sp³-hybridized carbons (Fsp3) is 0.643. The number of amides is 2. The van der Waals surface area contributed by atoms with Crippen molar-refractivity contribution >= 4 is 35.2 Å². The topological polar surface area (TPSA) is 80.1 Å². The minimum atomic E-state index is -0.313. The molecule has 4 rings (SSSR count). The van der Waals surface area contributed by atoms with Crippen LogP contribution in [0.25, 0.3) is 0 Å². The number of carbonyl (C=O) groups excluding carboxylic acids is 2. The summed E-state index contributed by atoms with van der Waals surface area (Å²) in [5.41, 5.74) is 0.544. The molecule has 2 aliphatic rings. The molecule has 0 radical (unpaired) electrons. The molecule has 2 aromatic rings. The predicted molar refractivity (Wildman–Crippen MR) is 149 cm³/mol. The van der Waals surface area contributed by atoms with E-state index < -0.39 is 0 Å². The number of rotatable bonds is 9. The van der Waals surface area contributed by atoms with E-state index in [0.29, 0.717) is 39.4 Å². The Labute approximate surface area is 230 Å². The number of nitrogens with one attached hydrogen (secondary N) is 1. The zero-order valence-corrected chi connectivity index (χ0v) is 23.9. The van der Waals surface area contributed by atoms with Gasteiger partial charge in [-0.2, -0.15) is 0 Å². The smallest absolute Gasteiger partial charge is 0.251 e. The molecule has 1 N–H and O–H groups in total.